The summed E-state index contributed by atoms with van der Waals surface area (Å²) in [5, 5.41) is 7.63. The zero-order valence-corrected chi connectivity index (χ0v) is 26.3. The van der Waals surface area contributed by atoms with Crippen molar-refractivity contribution in [2.75, 3.05) is 0 Å². The molecule has 3 aromatic heterocycles. The molecule has 0 aliphatic carbocycles. The first-order chi connectivity index (χ1) is 23.7. The van der Waals surface area contributed by atoms with Crippen molar-refractivity contribution in [1.82, 2.24) is 19.9 Å². The first-order valence-electron chi connectivity index (χ1n) is 15.8. The lowest BCUT2D eigenvalue weighted by atomic mass is 9.98. The van der Waals surface area contributed by atoms with Crippen LogP contribution in [0.15, 0.2) is 150 Å². The number of rotatable bonds is 4. The van der Waals surface area contributed by atoms with Crippen LogP contribution in [0.2, 0.25) is 0 Å². The molecule has 5 nitrogen and oxygen atoms in total. The van der Waals surface area contributed by atoms with Gasteiger partial charge in [-0.15, -0.1) is 11.3 Å². The van der Waals surface area contributed by atoms with Crippen LogP contribution in [0.25, 0.3) is 98.4 Å². The van der Waals surface area contributed by atoms with Crippen LogP contribution in [0, 0.1) is 0 Å². The highest BCUT2D eigenvalue weighted by Gasteiger charge is 2.18. The Hall–Kier alpha value is -6.24. The van der Waals surface area contributed by atoms with E-state index in [0.29, 0.717) is 17.5 Å². The maximum Gasteiger partial charge on any atom is 0.164 e. The lowest BCUT2D eigenvalue weighted by Crippen LogP contribution is -2.00. The number of nitrogens with zero attached hydrogens (tertiary/aromatic N) is 4. The number of hydrogen-bond acceptors (Lipinski definition) is 6. The van der Waals surface area contributed by atoms with Gasteiger partial charge in [0.25, 0.3) is 0 Å². The Morgan fingerprint density at radius 1 is 0.417 bits per heavy atom. The molecule has 0 unspecified atom stereocenters. The molecule has 0 spiro atoms. The van der Waals surface area contributed by atoms with Crippen molar-refractivity contribution in [2.24, 2.45) is 0 Å². The topological polar surface area (TPSA) is 64.7 Å². The molecule has 0 atom stereocenters. The van der Waals surface area contributed by atoms with Crippen molar-refractivity contribution in [3.63, 3.8) is 0 Å². The third-order valence-corrected chi connectivity index (χ3v) is 10.00. The number of thiazole rings is 1. The van der Waals surface area contributed by atoms with Gasteiger partial charge in [-0.1, -0.05) is 115 Å². The summed E-state index contributed by atoms with van der Waals surface area (Å²) in [4.78, 5) is 20.0. The molecular weight excluding hydrogens is 609 g/mol. The minimum atomic E-state index is 0.633. The highest BCUT2D eigenvalue weighted by molar-refractivity contribution is 7.21. The molecule has 0 saturated heterocycles. The molecule has 7 aromatic carbocycles. The van der Waals surface area contributed by atoms with Crippen LogP contribution >= 0.6 is 11.3 Å². The van der Waals surface area contributed by atoms with E-state index in [1.54, 1.807) is 11.3 Å². The molecule has 0 aliphatic heterocycles. The van der Waals surface area contributed by atoms with Gasteiger partial charge in [-0.25, -0.2) is 19.9 Å². The molecule has 0 bridgehead atoms. The summed E-state index contributed by atoms with van der Waals surface area (Å²) in [6.45, 7) is 0. The molecule has 0 aliphatic rings. The minimum Gasteiger partial charge on any atom is -0.456 e. The standard InChI is InChI=1S/C42H24N4OS/c1-4-10-26(11-5-1)39-44-40(27-12-6-2-7-13-27)46-41(45-39)30-19-17-25-16-18-29-23-35-33(24-32(29)31(25)22-30)37-34(47-35)20-21-36-38(37)43-42(48-36)28-14-8-3-9-15-28/h1-24H. The maximum absolute atomic E-state index is 6.44. The van der Waals surface area contributed by atoms with Crippen molar-refractivity contribution < 1.29 is 4.42 Å². The van der Waals surface area contributed by atoms with Gasteiger partial charge in [-0.05, 0) is 51.9 Å². The second-order valence-corrected chi connectivity index (χ2v) is 12.9. The number of hydrogen-bond donors (Lipinski definition) is 0. The fourth-order valence-corrected chi connectivity index (χ4v) is 7.56. The Balaban J connectivity index is 1.19. The fourth-order valence-electron chi connectivity index (χ4n) is 6.58. The van der Waals surface area contributed by atoms with Crippen molar-refractivity contribution in [1.29, 1.82) is 0 Å². The van der Waals surface area contributed by atoms with E-state index in [4.69, 9.17) is 24.4 Å². The van der Waals surface area contributed by atoms with Gasteiger partial charge >= 0.3 is 0 Å². The molecule has 0 N–H and O–H groups in total. The van der Waals surface area contributed by atoms with E-state index in [-0.39, 0.29) is 0 Å². The highest BCUT2D eigenvalue weighted by Crippen LogP contribution is 2.41. The number of benzene rings is 7. The molecule has 0 radical (unpaired) electrons. The van der Waals surface area contributed by atoms with Crippen LogP contribution < -0.4 is 0 Å². The van der Waals surface area contributed by atoms with Gasteiger partial charge < -0.3 is 4.42 Å². The number of furan rings is 1. The summed E-state index contributed by atoms with van der Waals surface area (Å²) in [6, 6.07) is 49.9. The zero-order valence-electron chi connectivity index (χ0n) is 25.5. The average molecular weight is 633 g/mol. The first-order valence-corrected chi connectivity index (χ1v) is 16.6. The van der Waals surface area contributed by atoms with Crippen LogP contribution in [-0.2, 0) is 0 Å². The predicted molar refractivity (Wildman–Crippen MR) is 197 cm³/mol. The largest absolute Gasteiger partial charge is 0.456 e. The zero-order chi connectivity index (χ0) is 31.6. The van der Waals surface area contributed by atoms with Crippen LogP contribution in [0.1, 0.15) is 0 Å². The molecule has 10 rings (SSSR count). The smallest absolute Gasteiger partial charge is 0.164 e. The van der Waals surface area contributed by atoms with E-state index < -0.39 is 0 Å². The summed E-state index contributed by atoms with van der Waals surface area (Å²) in [5.74, 6) is 1.92. The Labute approximate surface area is 278 Å². The van der Waals surface area contributed by atoms with Crippen molar-refractivity contribution in [2.45, 2.75) is 0 Å². The van der Waals surface area contributed by atoms with Gasteiger partial charge in [-0.3, -0.25) is 0 Å². The van der Waals surface area contributed by atoms with Gasteiger partial charge in [0.1, 0.15) is 16.2 Å². The first kappa shape index (κ1) is 26.9. The Morgan fingerprint density at radius 3 is 1.69 bits per heavy atom. The second kappa shape index (κ2) is 10.7. The van der Waals surface area contributed by atoms with E-state index in [1.807, 2.05) is 66.7 Å². The Bertz CT molecular complexity index is 2770. The maximum atomic E-state index is 6.44. The molecular formula is C42H24N4OS. The van der Waals surface area contributed by atoms with E-state index in [9.17, 15) is 0 Å². The molecule has 48 heavy (non-hydrogen) atoms. The fraction of sp³-hybridized carbons (Fsp3) is 0. The summed E-state index contributed by atoms with van der Waals surface area (Å²) in [6.07, 6.45) is 0. The van der Waals surface area contributed by atoms with Crippen molar-refractivity contribution in [3.05, 3.63) is 146 Å². The highest BCUT2D eigenvalue weighted by atomic mass is 32.1. The third-order valence-electron chi connectivity index (χ3n) is 8.93. The van der Waals surface area contributed by atoms with E-state index in [1.165, 1.54) is 0 Å². The van der Waals surface area contributed by atoms with Crippen LogP contribution in [0.4, 0.5) is 0 Å². The monoisotopic (exact) mass is 632 g/mol. The quantitative estimate of drug-likeness (QED) is 0.181. The molecule has 0 amide bonds. The van der Waals surface area contributed by atoms with Gasteiger partial charge in [0.2, 0.25) is 0 Å². The van der Waals surface area contributed by atoms with Crippen LogP contribution in [0.5, 0.6) is 0 Å². The molecule has 6 heteroatoms. The van der Waals surface area contributed by atoms with Crippen molar-refractivity contribution in [3.8, 4) is 44.7 Å². The summed E-state index contributed by atoms with van der Waals surface area (Å²) >= 11 is 1.71. The molecule has 224 valence electrons. The average Bonchev–Trinajstić information content (AvgIpc) is 3.76. The van der Waals surface area contributed by atoms with Gasteiger partial charge in [-0.2, -0.15) is 0 Å². The van der Waals surface area contributed by atoms with Crippen LogP contribution in [0.3, 0.4) is 0 Å². The number of fused-ring (bicyclic) bond motifs is 8. The number of aromatic nitrogens is 4. The van der Waals surface area contributed by atoms with Gasteiger partial charge in [0, 0.05) is 27.6 Å². The normalized spacial score (nSPS) is 11.8. The lowest BCUT2D eigenvalue weighted by molar-refractivity contribution is 0.670. The third kappa shape index (κ3) is 4.38. The summed E-state index contributed by atoms with van der Waals surface area (Å²) < 4.78 is 7.58. The lowest BCUT2D eigenvalue weighted by Gasteiger charge is -2.10. The summed E-state index contributed by atoms with van der Waals surface area (Å²) in [5.41, 5.74) is 6.61. The SMILES string of the molecule is c1ccc(-c2nc(-c3ccccc3)nc(-c3ccc4ccc5cc6oc7ccc8sc(-c9ccccc9)nc8c7c6cc5c4c3)n2)cc1. The Kier molecular flexibility index (Phi) is 5.98. The van der Waals surface area contributed by atoms with E-state index in [2.05, 4.69) is 78.9 Å². The second-order valence-electron chi connectivity index (χ2n) is 11.9. The van der Waals surface area contributed by atoms with Crippen LogP contribution in [-0.4, -0.2) is 19.9 Å². The van der Waals surface area contributed by atoms with Gasteiger partial charge in [0.15, 0.2) is 17.5 Å². The van der Waals surface area contributed by atoms with E-state index in [0.717, 1.165) is 81.0 Å². The van der Waals surface area contributed by atoms with Crippen molar-refractivity contribution >= 4 is 65.0 Å². The predicted octanol–water partition coefficient (Wildman–Crippen LogP) is 11.4. The van der Waals surface area contributed by atoms with E-state index >= 15 is 0 Å². The minimum absolute atomic E-state index is 0.633. The molecule has 0 saturated carbocycles. The van der Waals surface area contributed by atoms with Gasteiger partial charge in [0.05, 0.1) is 15.6 Å². The Morgan fingerprint density at radius 2 is 1.00 bits per heavy atom. The molecule has 0 fully saturated rings. The summed E-state index contributed by atoms with van der Waals surface area (Å²) in [7, 11) is 0. The molecule has 10 aromatic rings. The molecule has 3 heterocycles.